The van der Waals surface area contributed by atoms with Gasteiger partial charge in [-0.3, -0.25) is 10.1 Å². The molecule has 0 radical (unpaired) electrons. The topological polar surface area (TPSA) is 127 Å². The molecular weight excluding hydrogens is 614 g/mol. The number of hydrogen-bond donors (Lipinski definition) is 3. The van der Waals surface area contributed by atoms with E-state index in [4.69, 9.17) is 25.7 Å². The van der Waals surface area contributed by atoms with E-state index in [1.165, 1.54) is 0 Å². The zero-order chi connectivity index (χ0) is 28.8. The molecule has 1 aromatic heterocycles. The van der Waals surface area contributed by atoms with Gasteiger partial charge in [0.15, 0.2) is 0 Å². The van der Waals surface area contributed by atoms with Crippen LogP contribution in [0.15, 0.2) is 88.0 Å². The summed E-state index contributed by atoms with van der Waals surface area (Å²) in [5.41, 5.74) is 5.70. The number of carbonyl (C=O) groups is 1. The number of rotatable bonds is 12. The second-order valence-corrected chi connectivity index (χ2v) is 10.4. The number of nitrogens with zero attached hydrogens (tertiary/aromatic N) is 2. The van der Waals surface area contributed by atoms with Crippen molar-refractivity contribution in [3.8, 4) is 22.6 Å². The number of carboxylic acids is 1. The van der Waals surface area contributed by atoms with Crippen molar-refractivity contribution in [1.29, 1.82) is 0 Å². The molecule has 1 atom stereocenters. The number of carboxylic acid groups (broad SMARTS) is 1. The number of aliphatic carboxylic acids is 1. The van der Waals surface area contributed by atoms with Crippen LogP contribution in [0.3, 0.4) is 0 Å². The maximum Gasteiger partial charge on any atom is 0.323 e. The molecule has 210 valence electrons. The lowest BCUT2D eigenvalue weighted by Crippen LogP contribution is -2.39. The highest BCUT2D eigenvalue weighted by Gasteiger charge is 2.18. The molecule has 0 saturated heterocycles. The van der Waals surface area contributed by atoms with E-state index in [-0.39, 0.29) is 19.8 Å². The molecular formula is C30H25BrClN3O6. The van der Waals surface area contributed by atoms with Crippen molar-refractivity contribution in [3.63, 3.8) is 0 Å². The summed E-state index contributed by atoms with van der Waals surface area (Å²) >= 11 is 10.3. The molecule has 0 aliphatic carbocycles. The molecule has 9 nitrogen and oxygen atoms in total. The maximum absolute atomic E-state index is 11.4. The summed E-state index contributed by atoms with van der Waals surface area (Å²) in [4.78, 5) is 11.4. The molecule has 0 aliphatic heterocycles. The minimum Gasteiger partial charge on any atom is -0.488 e. The average molecular weight is 639 g/mol. The lowest BCUT2D eigenvalue weighted by molar-refractivity contribution is -0.140. The standard InChI is InChI=1S/C30H25BrClN3O6/c31-29-20(7-4-8-22(29)19-5-2-1-3-6-19)17-40-28-13-27(21(12-23(28)32)14-33-26(15-36)30(37)38)39-16-18-9-10-24-25(11-18)35-41-34-24/h1-13,26,33,36H,14-17H2,(H,37,38)/t26-/m1/s1. The Labute approximate surface area is 248 Å². The zero-order valence-corrected chi connectivity index (χ0v) is 23.9. The van der Waals surface area contributed by atoms with E-state index in [1.54, 1.807) is 24.3 Å². The SMILES string of the molecule is O=C(O)[C@@H](CO)NCc1cc(Cl)c(OCc2cccc(-c3ccccc3)c2Br)cc1OCc1ccc2nonc2c1. The van der Waals surface area contributed by atoms with Gasteiger partial charge in [-0.05, 0) is 61.1 Å². The second-order valence-electron chi connectivity index (χ2n) is 9.15. The van der Waals surface area contributed by atoms with Gasteiger partial charge in [-0.2, -0.15) is 0 Å². The Balaban J connectivity index is 1.38. The van der Waals surface area contributed by atoms with Crippen molar-refractivity contribution >= 4 is 44.5 Å². The van der Waals surface area contributed by atoms with Gasteiger partial charge in [-0.1, -0.05) is 66.2 Å². The van der Waals surface area contributed by atoms with Crippen molar-refractivity contribution in [2.75, 3.05) is 6.61 Å². The molecule has 0 fully saturated rings. The van der Waals surface area contributed by atoms with Crippen LogP contribution in [0.2, 0.25) is 5.02 Å². The number of nitrogens with one attached hydrogen (secondary N) is 1. The number of halogens is 2. The summed E-state index contributed by atoms with van der Waals surface area (Å²) < 4.78 is 18.0. The molecule has 41 heavy (non-hydrogen) atoms. The van der Waals surface area contributed by atoms with Gasteiger partial charge in [0.05, 0.1) is 11.6 Å². The molecule has 0 bridgehead atoms. The zero-order valence-electron chi connectivity index (χ0n) is 21.6. The van der Waals surface area contributed by atoms with Crippen LogP contribution in [-0.2, 0) is 24.6 Å². The molecule has 0 spiro atoms. The fourth-order valence-corrected chi connectivity index (χ4v) is 5.04. The third kappa shape index (κ3) is 6.86. The van der Waals surface area contributed by atoms with E-state index < -0.39 is 18.6 Å². The van der Waals surface area contributed by atoms with Crippen molar-refractivity contribution in [3.05, 3.63) is 105 Å². The summed E-state index contributed by atoms with van der Waals surface area (Å²) in [7, 11) is 0. The van der Waals surface area contributed by atoms with Crippen molar-refractivity contribution < 1.29 is 29.1 Å². The normalized spacial score (nSPS) is 11.9. The molecule has 0 aliphatic rings. The third-order valence-electron chi connectivity index (χ3n) is 6.39. The van der Waals surface area contributed by atoms with E-state index in [9.17, 15) is 15.0 Å². The van der Waals surface area contributed by atoms with Gasteiger partial charge < -0.3 is 19.7 Å². The van der Waals surface area contributed by atoms with Crippen LogP contribution in [-0.4, -0.2) is 39.1 Å². The highest BCUT2D eigenvalue weighted by molar-refractivity contribution is 9.10. The Morgan fingerprint density at radius 1 is 0.927 bits per heavy atom. The molecule has 1 heterocycles. The lowest BCUT2D eigenvalue weighted by Gasteiger charge is -2.18. The van der Waals surface area contributed by atoms with Crippen LogP contribution in [0.4, 0.5) is 0 Å². The number of aromatic nitrogens is 2. The van der Waals surface area contributed by atoms with Crippen LogP contribution in [0.1, 0.15) is 16.7 Å². The van der Waals surface area contributed by atoms with Gasteiger partial charge in [0.25, 0.3) is 0 Å². The van der Waals surface area contributed by atoms with Gasteiger partial charge in [0.2, 0.25) is 0 Å². The van der Waals surface area contributed by atoms with Gasteiger partial charge in [0.1, 0.15) is 41.8 Å². The molecule has 0 saturated carbocycles. The Morgan fingerprint density at radius 3 is 2.49 bits per heavy atom. The fourth-order valence-electron chi connectivity index (χ4n) is 4.19. The van der Waals surface area contributed by atoms with Crippen LogP contribution >= 0.6 is 27.5 Å². The number of benzene rings is 4. The summed E-state index contributed by atoms with van der Waals surface area (Å²) in [6, 6.07) is 23.6. The van der Waals surface area contributed by atoms with Crippen LogP contribution in [0, 0.1) is 0 Å². The molecule has 3 N–H and O–H groups in total. The first-order valence-electron chi connectivity index (χ1n) is 12.6. The molecule has 0 unspecified atom stereocenters. The average Bonchev–Trinajstić information content (AvgIpc) is 3.45. The van der Waals surface area contributed by atoms with Gasteiger partial charge >= 0.3 is 5.97 Å². The summed E-state index contributed by atoms with van der Waals surface area (Å²) in [6.07, 6.45) is 0. The Bertz CT molecular complexity index is 1660. The highest BCUT2D eigenvalue weighted by atomic mass is 79.9. The monoisotopic (exact) mass is 637 g/mol. The number of fused-ring (bicyclic) bond motifs is 1. The van der Waals surface area contributed by atoms with Gasteiger partial charge in [-0.15, -0.1) is 0 Å². The van der Waals surface area contributed by atoms with Crippen molar-refractivity contribution in [2.45, 2.75) is 25.8 Å². The number of hydrogen-bond acceptors (Lipinski definition) is 8. The quantitative estimate of drug-likeness (QED) is 0.151. The third-order valence-corrected chi connectivity index (χ3v) is 7.63. The van der Waals surface area contributed by atoms with Crippen molar-refractivity contribution in [2.24, 2.45) is 0 Å². The van der Waals surface area contributed by atoms with E-state index in [0.717, 1.165) is 26.7 Å². The van der Waals surface area contributed by atoms with Crippen LogP contribution < -0.4 is 14.8 Å². The molecule has 0 amide bonds. The lowest BCUT2D eigenvalue weighted by atomic mass is 10.0. The van der Waals surface area contributed by atoms with E-state index in [2.05, 4.69) is 31.6 Å². The molecule has 5 aromatic rings. The Morgan fingerprint density at radius 2 is 1.71 bits per heavy atom. The summed E-state index contributed by atoms with van der Waals surface area (Å²) in [6.45, 7) is -0.0593. The predicted octanol–water partition coefficient (Wildman–Crippen LogP) is 6.00. The molecule has 4 aromatic carbocycles. The predicted molar refractivity (Wildman–Crippen MR) is 157 cm³/mol. The van der Waals surface area contributed by atoms with Crippen LogP contribution in [0.25, 0.3) is 22.2 Å². The number of ether oxygens (including phenoxy) is 2. The summed E-state index contributed by atoms with van der Waals surface area (Å²) in [5, 5.41) is 29.5. The minimum absolute atomic E-state index is 0.0871. The molecule has 11 heteroatoms. The van der Waals surface area contributed by atoms with Crippen LogP contribution in [0.5, 0.6) is 11.5 Å². The highest BCUT2D eigenvalue weighted by Crippen LogP contribution is 2.36. The van der Waals surface area contributed by atoms with Crippen molar-refractivity contribution in [1.82, 2.24) is 15.6 Å². The van der Waals surface area contributed by atoms with Gasteiger partial charge in [-0.25, -0.2) is 4.63 Å². The number of aliphatic hydroxyl groups excluding tert-OH is 1. The van der Waals surface area contributed by atoms with E-state index in [1.807, 2.05) is 54.6 Å². The minimum atomic E-state index is -1.17. The number of aliphatic hydroxyl groups is 1. The maximum atomic E-state index is 11.4. The fraction of sp³-hybridized carbons (Fsp3) is 0.167. The largest absolute Gasteiger partial charge is 0.488 e. The second kappa shape index (κ2) is 13.1. The summed E-state index contributed by atoms with van der Waals surface area (Å²) in [5.74, 6) is -0.330. The smallest absolute Gasteiger partial charge is 0.323 e. The molecule has 5 rings (SSSR count). The first-order valence-corrected chi connectivity index (χ1v) is 13.8. The Kier molecular flexibility index (Phi) is 9.15. The first kappa shape index (κ1) is 28.6. The van der Waals surface area contributed by atoms with E-state index >= 15 is 0 Å². The Hall–Kier alpha value is -3.96. The van der Waals surface area contributed by atoms with E-state index in [0.29, 0.717) is 33.1 Å². The first-order chi connectivity index (χ1) is 19.9. The van der Waals surface area contributed by atoms with Gasteiger partial charge in [0, 0.05) is 28.2 Å².